The van der Waals surface area contributed by atoms with Gasteiger partial charge in [0.2, 0.25) is 0 Å². The Morgan fingerprint density at radius 2 is 1.85 bits per heavy atom. The van der Waals surface area contributed by atoms with Gasteiger partial charge in [0.05, 0.1) is 0 Å². The van der Waals surface area contributed by atoms with Crippen molar-refractivity contribution in [1.29, 1.82) is 0 Å². The van der Waals surface area contributed by atoms with Crippen LogP contribution in [0.2, 0.25) is 0 Å². The SMILES string of the molecule is CC(C)(C)OC(=O)N[C@H](CCC(=O)O)C1CCCCC1. The van der Waals surface area contributed by atoms with E-state index in [2.05, 4.69) is 5.32 Å². The molecule has 116 valence electrons. The van der Waals surface area contributed by atoms with Crippen molar-refractivity contribution in [2.75, 3.05) is 0 Å². The summed E-state index contributed by atoms with van der Waals surface area (Å²) in [4.78, 5) is 22.6. The van der Waals surface area contributed by atoms with Gasteiger partial charge in [-0.05, 0) is 46.0 Å². The second kappa shape index (κ2) is 7.50. The lowest BCUT2D eigenvalue weighted by atomic mass is 9.82. The van der Waals surface area contributed by atoms with Crippen molar-refractivity contribution in [3.8, 4) is 0 Å². The fourth-order valence-electron chi connectivity index (χ4n) is 2.70. The fourth-order valence-corrected chi connectivity index (χ4v) is 2.70. The maximum atomic E-state index is 11.9. The highest BCUT2D eigenvalue weighted by molar-refractivity contribution is 5.69. The molecular formula is C15H27NO4. The van der Waals surface area contributed by atoms with Gasteiger partial charge in [-0.3, -0.25) is 4.79 Å². The molecule has 0 aromatic heterocycles. The van der Waals surface area contributed by atoms with Crippen molar-refractivity contribution < 1.29 is 19.4 Å². The summed E-state index contributed by atoms with van der Waals surface area (Å²) in [5, 5.41) is 11.7. The maximum Gasteiger partial charge on any atom is 0.407 e. The van der Waals surface area contributed by atoms with Gasteiger partial charge in [-0.2, -0.15) is 0 Å². The number of carbonyl (C=O) groups excluding carboxylic acids is 1. The van der Waals surface area contributed by atoms with E-state index in [4.69, 9.17) is 9.84 Å². The standard InChI is InChI=1S/C15H27NO4/c1-15(2,3)20-14(19)16-12(9-10-13(17)18)11-7-5-4-6-8-11/h11-12H,4-10H2,1-3H3,(H,16,19)(H,17,18)/t12-/m1/s1. The van der Waals surface area contributed by atoms with E-state index in [0.29, 0.717) is 12.3 Å². The summed E-state index contributed by atoms with van der Waals surface area (Å²) in [5.74, 6) is -0.451. The fraction of sp³-hybridized carbons (Fsp3) is 0.867. The maximum absolute atomic E-state index is 11.9. The molecule has 1 saturated carbocycles. The molecule has 1 amide bonds. The summed E-state index contributed by atoms with van der Waals surface area (Å²) in [5.41, 5.74) is -0.534. The molecule has 0 heterocycles. The first-order valence-electron chi connectivity index (χ1n) is 7.49. The minimum absolute atomic E-state index is 0.0803. The van der Waals surface area contributed by atoms with Crippen molar-refractivity contribution in [3.63, 3.8) is 0 Å². The van der Waals surface area contributed by atoms with Crippen LogP contribution in [0.15, 0.2) is 0 Å². The summed E-state index contributed by atoms with van der Waals surface area (Å²) in [7, 11) is 0. The monoisotopic (exact) mass is 285 g/mol. The lowest BCUT2D eigenvalue weighted by Crippen LogP contribution is -2.43. The number of rotatable bonds is 5. The second-order valence-corrected chi connectivity index (χ2v) is 6.58. The van der Waals surface area contributed by atoms with Gasteiger partial charge in [0.25, 0.3) is 0 Å². The number of hydrogen-bond acceptors (Lipinski definition) is 3. The van der Waals surface area contributed by atoms with Gasteiger partial charge < -0.3 is 15.2 Å². The van der Waals surface area contributed by atoms with E-state index in [1.54, 1.807) is 0 Å². The van der Waals surface area contributed by atoms with Crippen LogP contribution in [0.5, 0.6) is 0 Å². The number of carbonyl (C=O) groups is 2. The Balaban J connectivity index is 2.56. The van der Waals surface area contributed by atoms with E-state index < -0.39 is 17.7 Å². The van der Waals surface area contributed by atoms with Crippen LogP contribution in [0.3, 0.4) is 0 Å². The lowest BCUT2D eigenvalue weighted by Gasteiger charge is -2.31. The van der Waals surface area contributed by atoms with E-state index in [1.165, 1.54) is 6.42 Å². The smallest absolute Gasteiger partial charge is 0.407 e. The summed E-state index contributed by atoms with van der Waals surface area (Å²) in [6.07, 6.45) is 5.76. The number of hydrogen-bond donors (Lipinski definition) is 2. The van der Waals surface area contributed by atoms with Crippen LogP contribution in [0, 0.1) is 5.92 Å². The van der Waals surface area contributed by atoms with Gasteiger partial charge in [0, 0.05) is 12.5 Å². The molecule has 2 N–H and O–H groups in total. The minimum atomic E-state index is -0.822. The van der Waals surface area contributed by atoms with Crippen LogP contribution in [0.4, 0.5) is 4.79 Å². The Labute approximate surface area is 121 Å². The molecule has 0 aromatic carbocycles. The zero-order chi connectivity index (χ0) is 15.2. The summed E-state index contributed by atoms with van der Waals surface area (Å²) < 4.78 is 5.27. The topological polar surface area (TPSA) is 75.6 Å². The molecule has 1 rings (SSSR count). The first-order valence-corrected chi connectivity index (χ1v) is 7.49. The van der Waals surface area contributed by atoms with Crippen molar-refractivity contribution in [3.05, 3.63) is 0 Å². The zero-order valence-electron chi connectivity index (χ0n) is 12.8. The molecule has 1 aliphatic carbocycles. The van der Waals surface area contributed by atoms with E-state index >= 15 is 0 Å². The molecule has 1 aliphatic rings. The van der Waals surface area contributed by atoms with Crippen LogP contribution in [0.1, 0.15) is 65.7 Å². The van der Waals surface area contributed by atoms with Gasteiger partial charge >= 0.3 is 12.1 Å². The Hall–Kier alpha value is -1.26. The number of nitrogens with one attached hydrogen (secondary N) is 1. The van der Waals surface area contributed by atoms with Gasteiger partial charge in [-0.25, -0.2) is 4.79 Å². The first kappa shape index (κ1) is 16.8. The highest BCUT2D eigenvalue weighted by Gasteiger charge is 2.27. The van der Waals surface area contributed by atoms with E-state index in [0.717, 1.165) is 25.7 Å². The van der Waals surface area contributed by atoms with E-state index in [9.17, 15) is 9.59 Å². The molecule has 0 bridgehead atoms. The highest BCUT2D eigenvalue weighted by atomic mass is 16.6. The van der Waals surface area contributed by atoms with Gasteiger partial charge in [0.15, 0.2) is 0 Å². The van der Waals surface area contributed by atoms with Crippen LogP contribution in [0.25, 0.3) is 0 Å². The van der Waals surface area contributed by atoms with Gasteiger partial charge in [-0.1, -0.05) is 19.3 Å². The van der Waals surface area contributed by atoms with Crippen molar-refractivity contribution in [1.82, 2.24) is 5.32 Å². The van der Waals surface area contributed by atoms with Crippen LogP contribution < -0.4 is 5.32 Å². The number of carboxylic acids is 1. The Kier molecular flexibility index (Phi) is 6.30. The van der Waals surface area contributed by atoms with E-state index in [1.807, 2.05) is 20.8 Å². The quantitative estimate of drug-likeness (QED) is 0.812. The molecule has 1 atom stereocenters. The number of alkyl carbamates (subject to hydrolysis) is 1. The van der Waals surface area contributed by atoms with Crippen LogP contribution in [-0.2, 0) is 9.53 Å². The molecule has 0 radical (unpaired) electrons. The molecule has 0 aliphatic heterocycles. The third-order valence-electron chi connectivity index (χ3n) is 3.59. The zero-order valence-corrected chi connectivity index (χ0v) is 12.8. The Morgan fingerprint density at radius 1 is 1.25 bits per heavy atom. The van der Waals surface area contributed by atoms with Gasteiger partial charge in [-0.15, -0.1) is 0 Å². The molecule has 20 heavy (non-hydrogen) atoms. The Bertz CT molecular complexity index is 329. The van der Waals surface area contributed by atoms with Crippen molar-refractivity contribution >= 4 is 12.1 Å². The summed E-state index contributed by atoms with van der Waals surface area (Å²) in [6.45, 7) is 5.46. The van der Waals surface area contributed by atoms with Crippen LogP contribution >= 0.6 is 0 Å². The molecule has 5 nitrogen and oxygen atoms in total. The van der Waals surface area contributed by atoms with Gasteiger partial charge in [0.1, 0.15) is 5.60 Å². The molecule has 0 aromatic rings. The number of amides is 1. The average Bonchev–Trinajstić information content (AvgIpc) is 2.33. The number of aliphatic carboxylic acids is 1. The molecule has 0 spiro atoms. The normalized spacial score (nSPS) is 18.4. The third-order valence-corrected chi connectivity index (χ3v) is 3.59. The second-order valence-electron chi connectivity index (χ2n) is 6.58. The Morgan fingerprint density at radius 3 is 2.35 bits per heavy atom. The molecule has 0 saturated heterocycles. The lowest BCUT2D eigenvalue weighted by molar-refractivity contribution is -0.137. The van der Waals surface area contributed by atoms with Crippen molar-refractivity contribution in [2.45, 2.75) is 77.4 Å². The molecule has 5 heteroatoms. The minimum Gasteiger partial charge on any atom is -0.481 e. The molecule has 1 fully saturated rings. The number of ether oxygens (including phenoxy) is 1. The highest BCUT2D eigenvalue weighted by Crippen LogP contribution is 2.28. The predicted octanol–water partition coefficient (Wildman–Crippen LogP) is 3.32. The first-order chi connectivity index (χ1) is 9.28. The predicted molar refractivity (Wildman–Crippen MR) is 76.6 cm³/mol. The number of carboxylic acid groups (broad SMARTS) is 1. The average molecular weight is 285 g/mol. The third kappa shape index (κ3) is 6.78. The largest absolute Gasteiger partial charge is 0.481 e. The summed E-state index contributed by atoms with van der Waals surface area (Å²) in [6, 6.07) is -0.0961. The van der Waals surface area contributed by atoms with E-state index in [-0.39, 0.29) is 12.5 Å². The van der Waals surface area contributed by atoms with Crippen molar-refractivity contribution in [2.24, 2.45) is 5.92 Å². The molecule has 0 unspecified atom stereocenters. The molecular weight excluding hydrogens is 258 g/mol. The van der Waals surface area contributed by atoms with Crippen LogP contribution in [-0.4, -0.2) is 28.8 Å². The summed E-state index contributed by atoms with van der Waals surface area (Å²) >= 11 is 0.